The molecule has 0 heterocycles. The maximum Gasteiger partial charge on any atom is 0.328 e. The molecular weight excluding hydrogens is 224 g/mol. The zero-order valence-electron chi connectivity index (χ0n) is 9.93. The fourth-order valence-electron chi connectivity index (χ4n) is 1.66. The summed E-state index contributed by atoms with van der Waals surface area (Å²) in [6, 6.07) is 0.988. The molecule has 2 unspecified atom stereocenters. The Morgan fingerprint density at radius 1 is 1.18 bits per heavy atom. The van der Waals surface area contributed by atoms with E-state index in [4.69, 9.17) is 15.9 Å². The molecule has 1 fully saturated rings. The third kappa shape index (κ3) is 8.41. The number of aliphatic carboxylic acids is 2. The van der Waals surface area contributed by atoms with Crippen LogP contribution in [0.5, 0.6) is 0 Å². The number of rotatable bonds is 3. The Morgan fingerprint density at radius 2 is 1.65 bits per heavy atom. The molecule has 1 saturated carbocycles. The molecule has 98 valence electrons. The van der Waals surface area contributed by atoms with E-state index in [1.54, 1.807) is 0 Å². The fraction of sp³-hybridized carbons (Fsp3) is 0.636. The van der Waals surface area contributed by atoms with Gasteiger partial charge in [0.2, 0.25) is 0 Å². The molecule has 0 aromatic carbocycles. The van der Waals surface area contributed by atoms with E-state index in [1.165, 1.54) is 25.7 Å². The van der Waals surface area contributed by atoms with Gasteiger partial charge in [0.1, 0.15) is 0 Å². The van der Waals surface area contributed by atoms with Crippen molar-refractivity contribution in [3.63, 3.8) is 0 Å². The molecule has 0 radical (unpaired) electrons. The van der Waals surface area contributed by atoms with Crippen molar-refractivity contribution in [2.75, 3.05) is 7.05 Å². The van der Waals surface area contributed by atoms with Crippen LogP contribution >= 0.6 is 0 Å². The highest BCUT2D eigenvalue weighted by Crippen LogP contribution is 2.15. The van der Waals surface area contributed by atoms with Crippen LogP contribution in [0.4, 0.5) is 0 Å². The van der Waals surface area contributed by atoms with E-state index in [9.17, 15) is 9.59 Å². The van der Waals surface area contributed by atoms with Crippen molar-refractivity contribution in [1.29, 1.82) is 0 Å². The SMILES string of the molecule is CNC1CCCCC1N.O=C(O)C=CC(=O)O. The van der Waals surface area contributed by atoms with Crippen LogP contribution in [0.15, 0.2) is 12.2 Å². The van der Waals surface area contributed by atoms with Gasteiger partial charge in [0, 0.05) is 24.2 Å². The van der Waals surface area contributed by atoms with E-state index in [0.29, 0.717) is 24.2 Å². The molecule has 2 atom stereocenters. The largest absolute Gasteiger partial charge is 0.478 e. The second-order valence-electron chi connectivity index (χ2n) is 3.85. The van der Waals surface area contributed by atoms with Crippen LogP contribution in [0.1, 0.15) is 25.7 Å². The maximum atomic E-state index is 9.55. The average molecular weight is 244 g/mol. The van der Waals surface area contributed by atoms with Crippen molar-refractivity contribution in [3.8, 4) is 0 Å². The van der Waals surface area contributed by atoms with Crippen LogP contribution in [0.25, 0.3) is 0 Å². The van der Waals surface area contributed by atoms with Gasteiger partial charge in [0.05, 0.1) is 0 Å². The van der Waals surface area contributed by atoms with E-state index in [0.717, 1.165) is 0 Å². The van der Waals surface area contributed by atoms with Gasteiger partial charge in [-0.1, -0.05) is 12.8 Å². The average Bonchev–Trinajstić information content (AvgIpc) is 2.28. The Labute approximate surface area is 101 Å². The second kappa shape index (κ2) is 8.72. The molecule has 0 saturated heterocycles. The summed E-state index contributed by atoms with van der Waals surface area (Å²) in [5, 5.41) is 18.9. The minimum absolute atomic E-state index is 0.406. The molecular formula is C11H20N2O4. The van der Waals surface area contributed by atoms with E-state index >= 15 is 0 Å². The van der Waals surface area contributed by atoms with Gasteiger partial charge in [-0.25, -0.2) is 9.59 Å². The van der Waals surface area contributed by atoms with Gasteiger partial charge in [-0.05, 0) is 19.9 Å². The van der Waals surface area contributed by atoms with Gasteiger partial charge in [-0.3, -0.25) is 0 Å². The van der Waals surface area contributed by atoms with Crippen LogP contribution in [0, 0.1) is 0 Å². The quantitative estimate of drug-likeness (QED) is 0.527. The summed E-state index contributed by atoms with van der Waals surface area (Å²) >= 11 is 0. The lowest BCUT2D eigenvalue weighted by molar-refractivity contribution is -0.134. The standard InChI is InChI=1S/C7H16N2.C4H4O4/c1-9-7-5-3-2-4-6(7)8;5-3(6)1-2-4(7)8/h6-7,9H,2-5,8H2,1H3;1-2H,(H,5,6)(H,7,8). The van der Waals surface area contributed by atoms with Crippen molar-refractivity contribution in [1.82, 2.24) is 5.32 Å². The fourth-order valence-corrected chi connectivity index (χ4v) is 1.66. The zero-order chi connectivity index (χ0) is 13.3. The molecule has 1 rings (SSSR count). The highest BCUT2D eigenvalue weighted by atomic mass is 16.4. The highest BCUT2D eigenvalue weighted by Gasteiger charge is 2.18. The van der Waals surface area contributed by atoms with Crippen molar-refractivity contribution >= 4 is 11.9 Å². The van der Waals surface area contributed by atoms with E-state index in [1.807, 2.05) is 7.05 Å². The molecule has 0 aromatic rings. The van der Waals surface area contributed by atoms with Gasteiger partial charge in [0.25, 0.3) is 0 Å². The monoisotopic (exact) mass is 244 g/mol. The second-order valence-corrected chi connectivity index (χ2v) is 3.85. The first-order valence-electron chi connectivity index (χ1n) is 5.54. The molecule has 5 N–H and O–H groups in total. The van der Waals surface area contributed by atoms with Gasteiger partial charge >= 0.3 is 11.9 Å². The summed E-state index contributed by atoms with van der Waals surface area (Å²) in [7, 11) is 2.00. The Balaban J connectivity index is 0.000000304. The molecule has 0 spiro atoms. The lowest BCUT2D eigenvalue weighted by Crippen LogP contribution is -2.45. The number of likely N-dealkylation sites (N-methyl/N-ethyl adjacent to an activating group) is 1. The molecule has 0 bridgehead atoms. The third-order valence-corrected chi connectivity index (χ3v) is 2.56. The number of carboxylic acids is 2. The molecule has 17 heavy (non-hydrogen) atoms. The Bertz CT molecular complexity index is 263. The number of carboxylic acid groups (broad SMARTS) is 2. The van der Waals surface area contributed by atoms with Gasteiger partial charge < -0.3 is 21.3 Å². The van der Waals surface area contributed by atoms with Crippen molar-refractivity contribution in [2.45, 2.75) is 37.8 Å². The number of hydrogen-bond donors (Lipinski definition) is 4. The maximum absolute atomic E-state index is 9.55. The molecule has 0 aliphatic heterocycles. The van der Waals surface area contributed by atoms with Crippen LogP contribution in [-0.4, -0.2) is 41.3 Å². The lowest BCUT2D eigenvalue weighted by Gasteiger charge is -2.27. The van der Waals surface area contributed by atoms with E-state index in [2.05, 4.69) is 5.32 Å². The predicted molar refractivity (Wildman–Crippen MR) is 63.7 cm³/mol. The summed E-state index contributed by atoms with van der Waals surface area (Å²) in [5.74, 6) is -2.51. The smallest absolute Gasteiger partial charge is 0.328 e. The first-order chi connectivity index (χ1) is 7.97. The Kier molecular flexibility index (Phi) is 8.00. The number of carbonyl (C=O) groups is 2. The lowest BCUT2D eigenvalue weighted by atomic mass is 9.91. The summed E-state index contributed by atoms with van der Waals surface area (Å²) in [6.07, 6.45) is 6.24. The molecule has 1 aliphatic rings. The summed E-state index contributed by atoms with van der Waals surface area (Å²) in [4.78, 5) is 19.1. The summed E-state index contributed by atoms with van der Waals surface area (Å²) in [6.45, 7) is 0. The van der Waals surface area contributed by atoms with Crippen molar-refractivity contribution < 1.29 is 19.8 Å². The highest BCUT2D eigenvalue weighted by molar-refractivity contribution is 5.89. The van der Waals surface area contributed by atoms with E-state index < -0.39 is 11.9 Å². The first-order valence-corrected chi connectivity index (χ1v) is 5.54. The van der Waals surface area contributed by atoms with Crippen molar-refractivity contribution in [3.05, 3.63) is 12.2 Å². The predicted octanol–water partition coefficient (Wildman–Crippen LogP) is 0.188. The normalized spacial score (nSPS) is 23.9. The van der Waals surface area contributed by atoms with Crippen LogP contribution in [0.2, 0.25) is 0 Å². The topological polar surface area (TPSA) is 113 Å². The number of hydrogen-bond acceptors (Lipinski definition) is 4. The van der Waals surface area contributed by atoms with Gasteiger partial charge in [-0.15, -0.1) is 0 Å². The Hall–Kier alpha value is -1.40. The Morgan fingerprint density at radius 3 is 1.94 bits per heavy atom. The third-order valence-electron chi connectivity index (χ3n) is 2.56. The van der Waals surface area contributed by atoms with Gasteiger partial charge in [0.15, 0.2) is 0 Å². The van der Waals surface area contributed by atoms with Crippen LogP contribution in [0.3, 0.4) is 0 Å². The van der Waals surface area contributed by atoms with Crippen molar-refractivity contribution in [2.24, 2.45) is 5.73 Å². The molecule has 0 aromatic heterocycles. The summed E-state index contributed by atoms with van der Waals surface area (Å²) < 4.78 is 0. The summed E-state index contributed by atoms with van der Waals surface area (Å²) in [5.41, 5.74) is 5.83. The van der Waals surface area contributed by atoms with E-state index in [-0.39, 0.29) is 0 Å². The number of nitrogens with one attached hydrogen (secondary N) is 1. The zero-order valence-corrected chi connectivity index (χ0v) is 9.93. The van der Waals surface area contributed by atoms with Crippen LogP contribution in [-0.2, 0) is 9.59 Å². The molecule has 0 amide bonds. The minimum atomic E-state index is -1.26. The molecule has 6 heteroatoms. The van der Waals surface area contributed by atoms with Gasteiger partial charge in [-0.2, -0.15) is 0 Å². The first kappa shape index (κ1) is 15.6. The minimum Gasteiger partial charge on any atom is -0.478 e. The number of nitrogens with two attached hydrogens (primary N) is 1. The van der Waals surface area contributed by atoms with Crippen LogP contribution < -0.4 is 11.1 Å². The molecule has 1 aliphatic carbocycles. The molecule has 6 nitrogen and oxygen atoms in total.